The number of hydrogen-bond donors (Lipinski definition) is 0. The Bertz CT molecular complexity index is 389. The predicted molar refractivity (Wildman–Crippen MR) is 41.7 cm³/mol. The number of hydrogen-bond acceptors (Lipinski definition) is 0. The number of nitrogens with zero attached hydrogens (tertiary/aromatic N) is 1. The number of fused-ring (bicyclic) bond motifs is 1. The summed E-state index contributed by atoms with van der Waals surface area (Å²) in [5, 5.41) is 0.826. The van der Waals surface area contributed by atoms with Crippen molar-refractivity contribution in [2.75, 3.05) is 0 Å². The Morgan fingerprint density at radius 3 is 3.09 bits per heavy atom. The molecule has 55 valence electrons. The smallest absolute Gasteiger partial charge is 0.194 e. The second-order valence-corrected chi connectivity index (χ2v) is 2.50. The van der Waals surface area contributed by atoms with Crippen molar-refractivity contribution < 1.29 is 4.39 Å². The molecule has 0 aliphatic carbocycles. The van der Waals surface area contributed by atoms with E-state index in [-0.39, 0.29) is 5.95 Å². The van der Waals surface area contributed by atoms with E-state index in [0.29, 0.717) is 0 Å². The fourth-order valence-corrected chi connectivity index (χ4v) is 1.18. The van der Waals surface area contributed by atoms with E-state index in [4.69, 9.17) is 0 Å². The fraction of sp³-hybridized carbons (Fsp3) is 0.111. The predicted octanol–water partition coefficient (Wildman–Crippen LogP) is 2.12. The summed E-state index contributed by atoms with van der Waals surface area (Å²) in [6, 6.07) is 9.93. The SMILES string of the molecule is Cn1c(F)cc2[c]cccc21. The molecule has 1 heterocycles. The minimum Gasteiger partial charge on any atom is -0.321 e. The molecule has 2 rings (SSSR count). The lowest BCUT2D eigenvalue weighted by molar-refractivity contribution is 0.542. The molecule has 0 aliphatic rings. The highest BCUT2D eigenvalue weighted by molar-refractivity contribution is 5.79. The van der Waals surface area contributed by atoms with Gasteiger partial charge in [0.05, 0.1) is 5.52 Å². The molecule has 11 heavy (non-hydrogen) atoms. The lowest BCUT2D eigenvalue weighted by atomic mass is 10.2. The average Bonchev–Trinajstić information content (AvgIpc) is 2.30. The van der Waals surface area contributed by atoms with Crippen molar-refractivity contribution >= 4 is 10.9 Å². The fourth-order valence-electron chi connectivity index (χ4n) is 1.18. The molecule has 2 aromatic rings. The largest absolute Gasteiger partial charge is 0.321 e. The van der Waals surface area contributed by atoms with Gasteiger partial charge in [0.15, 0.2) is 5.95 Å². The molecular formula is C9H7FN. The Hall–Kier alpha value is -1.31. The van der Waals surface area contributed by atoms with Crippen LogP contribution in [0.3, 0.4) is 0 Å². The van der Waals surface area contributed by atoms with Crippen LogP contribution in [0.15, 0.2) is 24.3 Å². The van der Waals surface area contributed by atoms with Crippen molar-refractivity contribution in [1.29, 1.82) is 0 Å². The van der Waals surface area contributed by atoms with Gasteiger partial charge in [0.25, 0.3) is 0 Å². The van der Waals surface area contributed by atoms with E-state index in [2.05, 4.69) is 6.07 Å². The molecule has 0 bridgehead atoms. The van der Waals surface area contributed by atoms with Gasteiger partial charge in [-0.1, -0.05) is 12.1 Å². The highest BCUT2D eigenvalue weighted by atomic mass is 19.1. The molecular weight excluding hydrogens is 141 g/mol. The molecule has 0 atom stereocenters. The minimum absolute atomic E-state index is 0.220. The van der Waals surface area contributed by atoms with Gasteiger partial charge in [-0.2, -0.15) is 4.39 Å². The summed E-state index contributed by atoms with van der Waals surface area (Å²) in [7, 11) is 1.70. The molecule has 0 amide bonds. The molecule has 1 aromatic carbocycles. The molecule has 1 radical (unpaired) electrons. The van der Waals surface area contributed by atoms with Gasteiger partial charge in [-0.25, -0.2) is 0 Å². The summed E-state index contributed by atoms with van der Waals surface area (Å²) in [5.41, 5.74) is 0.880. The summed E-state index contributed by atoms with van der Waals surface area (Å²) in [4.78, 5) is 0. The van der Waals surface area contributed by atoms with Crippen LogP contribution in [0, 0.1) is 12.0 Å². The van der Waals surface area contributed by atoms with Crippen LogP contribution in [0.25, 0.3) is 10.9 Å². The van der Waals surface area contributed by atoms with Gasteiger partial charge in [-0.15, -0.1) is 0 Å². The monoisotopic (exact) mass is 148 g/mol. The first kappa shape index (κ1) is 6.40. The summed E-state index contributed by atoms with van der Waals surface area (Å²) < 4.78 is 14.4. The Morgan fingerprint density at radius 1 is 1.55 bits per heavy atom. The summed E-state index contributed by atoms with van der Waals surface area (Å²) in [6.07, 6.45) is 0. The van der Waals surface area contributed by atoms with Gasteiger partial charge in [0.1, 0.15) is 0 Å². The van der Waals surface area contributed by atoms with E-state index in [9.17, 15) is 4.39 Å². The van der Waals surface area contributed by atoms with Crippen LogP contribution in [-0.4, -0.2) is 4.57 Å². The van der Waals surface area contributed by atoms with E-state index < -0.39 is 0 Å². The van der Waals surface area contributed by atoms with Crippen molar-refractivity contribution in [3.05, 3.63) is 36.3 Å². The quantitative estimate of drug-likeness (QED) is 0.539. The molecule has 1 nitrogen and oxygen atoms in total. The first-order chi connectivity index (χ1) is 5.29. The van der Waals surface area contributed by atoms with Gasteiger partial charge in [-0.3, -0.25) is 0 Å². The number of aromatic nitrogens is 1. The average molecular weight is 148 g/mol. The maximum Gasteiger partial charge on any atom is 0.194 e. The number of rotatable bonds is 0. The van der Waals surface area contributed by atoms with Crippen LogP contribution in [-0.2, 0) is 7.05 Å². The highest BCUT2D eigenvalue weighted by Crippen LogP contribution is 2.15. The molecule has 0 spiro atoms. The van der Waals surface area contributed by atoms with Crippen LogP contribution in [0.4, 0.5) is 4.39 Å². The normalized spacial score (nSPS) is 10.7. The van der Waals surface area contributed by atoms with Crippen LogP contribution in [0.2, 0.25) is 0 Å². The van der Waals surface area contributed by atoms with E-state index >= 15 is 0 Å². The van der Waals surface area contributed by atoms with Crippen LogP contribution in [0.5, 0.6) is 0 Å². The van der Waals surface area contributed by atoms with E-state index in [0.717, 1.165) is 10.9 Å². The zero-order valence-corrected chi connectivity index (χ0v) is 6.13. The van der Waals surface area contributed by atoms with Gasteiger partial charge in [-0.05, 0) is 12.1 Å². The molecule has 0 fully saturated rings. The van der Waals surface area contributed by atoms with Crippen molar-refractivity contribution in [3.8, 4) is 0 Å². The first-order valence-corrected chi connectivity index (χ1v) is 3.40. The zero-order chi connectivity index (χ0) is 7.84. The van der Waals surface area contributed by atoms with E-state index in [1.807, 2.05) is 12.1 Å². The van der Waals surface area contributed by atoms with E-state index in [1.165, 1.54) is 10.6 Å². The molecule has 2 heteroatoms. The molecule has 0 aliphatic heterocycles. The third kappa shape index (κ3) is 0.827. The highest BCUT2D eigenvalue weighted by Gasteiger charge is 2.01. The molecule has 0 unspecified atom stereocenters. The summed E-state index contributed by atoms with van der Waals surface area (Å²) in [6.45, 7) is 0. The third-order valence-corrected chi connectivity index (χ3v) is 1.81. The second-order valence-electron chi connectivity index (χ2n) is 2.50. The standard InChI is InChI=1S/C9H7FN/c1-11-8-5-3-2-4-7(8)6-9(11)10/h2-3,5-6H,1H3. The lowest BCUT2D eigenvalue weighted by Crippen LogP contribution is -1.89. The summed E-state index contributed by atoms with van der Waals surface area (Å²) in [5.74, 6) is -0.220. The van der Waals surface area contributed by atoms with E-state index in [1.54, 1.807) is 13.1 Å². The first-order valence-electron chi connectivity index (χ1n) is 3.40. The Balaban J connectivity index is 2.92. The topological polar surface area (TPSA) is 4.93 Å². The number of aryl methyl sites for hydroxylation is 1. The Kier molecular flexibility index (Phi) is 1.22. The van der Waals surface area contributed by atoms with Crippen LogP contribution >= 0.6 is 0 Å². The number of halogens is 1. The zero-order valence-electron chi connectivity index (χ0n) is 6.13. The summed E-state index contributed by atoms with van der Waals surface area (Å²) >= 11 is 0. The molecule has 0 saturated heterocycles. The van der Waals surface area contributed by atoms with Gasteiger partial charge in [0, 0.05) is 18.5 Å². The third-order valence-electron chi connectivity index (χ3n) is 1.81. The molecule has 0 N–H and O–H groups in total. The number of benzene rings is 1. The van der Waals surface area contributed by atoms with Crippen molar-refractivity contribution in [1.82, 2.24) is 4.57 Å². The maximum absolute atomic E-state index is 12.9. The van der Waals surface area contributed by atoms with Crippen molar-refractivity contribution in [3.63, 3.8) is 0 Å². The Labute approximate surface area is 64.1 Å². The van der Waals surface area contributed by atoms with Crippen molar-refractivity contribution in [2.45, 2.75) is 0 Å². The maximum atomic E-state index is 12.9. The van der Waals surface area contributed by atoms with Gasteiger partial charge < -0.3 is 4.57 Å². The molecule has 1 aromatic heterocycles. The lowest BCUT2D eigenvalue weighted by Gasteiger charge is -1.93. The van der Waals surface area contributed by atoms with Crippen molar-refractivity contribution in [2.24, 2.45) is 7.05 Å². The molecule has 0 saturated carbocycles. The minimum atomic E-state index is -0.220. The van der Waals surface area contributed by atoms with Crippen LogP contribution in [0.1, 0.15) is 0 Å². The van der Waals surface area contributed by atoms with Crippen LogP contribution < -0.4 is 0 Å². The van der Waals surface area contributed by atoms with Gasteiger partial charge >= 0.3 is 0 Å². The Morgan fingerprint density at radius 2 is 2.36 bits per heavy atom. The van der Waals surface area contributed by atoms with Gasteiger partial charge in [0.2, 0.25) is 0 Å². The second kappa shape index (κ2) is 2.09.